The summed E-state index contributed by atoms with van der Waals surface area (Å²) < 4.78 is 0. The first-order valence-electron chi connectivity index (χ1n) is 6.96. The highest BCUT2D eigenvalue weighted by atomic mass is 16.2. The molecule has 1 aliphatic heterocycles. The van der Waals surface area contributed by atoms with Gasteiger partial charge in [-0.05, 0) is 32.2 Å². The van der Waals surface area contributed by atoms with Crippen LogP contribution in [0.1, 0.15) is 17.3 Å². The quantitative estimate of drug-likeness (QED) is 0.822. The highest BCUT2D eigenvalue weighted by Gasteiger charge is 2.22. The fourth-order valence-corrected chi connectivity index (χ4v) is 2.50. The Bertz CT molecular complexity index is 501. The number of nitrogens with two attached hydrogens (primary N) is 1. The second kappa shape index (κ2) is 5.71. The molecule has 0 aromatic heterocycles. The summed E-state index contributed by atoms with van der Waals surface area (Å²) in [7, 11) is 5.63. The molecule has 0 saturated carbocycles. The molecule has 2 N–H and O–H groups in total. The van der Waals surface area contributed by atoms with Gasteiger partial charge >= 0.3 is 0 Å². The van der Waals surface area contributed by atoms with E-state index in [9.17, 15) is 4.79 Å². The Morgan fingerprint density at radius 3 is 2.60 bits per heavy atom. The predicted octanol–water partition coefficient (Wildman–Crippen LogP) is 1.11. The van der Waals surface area contributed by atoms with Crippen molar-refractivity contribution in [3.05, 3.63) is 23.8 Å². The molecule has 0 spiro atoms. The maximum absolute atomic E-state index is 11.9. The van der Waals surface area contributed by atoms with Crippen molar-refractivity contribution in [1.82, 2.24) is 9.80 Å². The number of anilines is 2. The molecule has 5 heteroatoms. The van der Waals surface area contributed by atoms with Gasteiger partial charge in [-0.1, -0.05) is 0 Å². The first-order valence-corrected chi connectivity index (χ1v) is 6.96. The number of hydrogen-bond acceptors (Lipinski definition) is 4. The Labute approximate surface area is 120 Å². The van der Waals surface area contributed by atoms with Gasteiger partial charge in [0.2, 0.25) is 0 Å². The monoisotopic (exact) mass is 276 g/mol. The van der Waals surface area contributed by atoms with Crippen LogP contribution in [0.15, 0.2) is 18.2 Å². The van der Waals surface area contributed by atoms with E-state index in [4.69, 9.17) is 5.73 Å². The maximum Gasteiger partial charge on any atom is 0.253 e. The Morgan fingerprint density at radius 2 is 2.05 bits per heavy atom. The van der Waals surface area contributed by atoms with Gasteiger partial charge in [-0.15, -0.1) is 0 Å². The molecule has 2 rings (SSSR count). The fraction of sp³-hybridized carbons (Fsp3) is 0.533. The van der Waals surface area contributed by atoms with E-state index in [0.29, 0.717) is 17.3 Å². The lowest BCUT2D eigenvalue weighted by molar-refractivity contribution is 0.0827. The van der Waals surface area contributed by atoms with Crippen LogP contribution in [-0.2, 0) is 0 Å². The van der Waals surface area contributed by atoms with Crippen LogP contribution < -0.4 is 10.6 Å². The number of carbonyl (C=O) groups is 1. The van der Waals surface area contributed by atoms with E-state index in [1.807, 2.05) is 12.1 Å². The molecule has 20 heavy (non-hydrogen) atoms. The molecular weight excluding hydrogens is 252 g/mol. The maximum atomic E-state index is 11.9. The average Bonchev–Trinajstić information content (AvgIpc) is 2.41. The van der Waals surface area contributed by atoms with Gasteiger partial charge < -0.3 is 20.4 Å². The highest BCUT2D eigenvalue weighted by Crippen LogP contribution is 2.26. The third-order valence-corrected chi connectivity index (χ3v) is 3.98. The van der Waals surface area contributed by atoms with E-state index >= 15 is 0 Å². The smallest absolute Gasteiger partial charge is 0.253 e. The summed E-state index contributed by atoms with van der Waals surface area (Å²) in [4.78, 5) is 18.1. The van der Waals surface area contributed by atoms with Crippen molar-refractivity contribution in [3.63, 3.8) is 0 Å². The molecule has 1 aliphatic rings. The lowest BCUT2D eigenvalue weighted by Gasteiger charge is -2.39. The second-order valence-corrected chi connectivity index (χ2v) is 5.75. The van der Waals surface area contributed by atoms with Crippen LogP contribution in [-0.4, -0.2) is 62.5 Å². The van der Waals surface area contributed by atoms with Crippen molar-refractivity contribution in [2.75, 3.05) is 51.4 Å². The van der Waals surface area contributed by atoms with Gasteiger partial charge in [-0.3, -0.25) is 4.79 Å². The van der Waals surface area contributed by atoms with Crippen LogP contribution in [0.2, 0.25) is 0 Å². The third kappa shape index (κ3) is 2.88. The molecule has 1 amide bonds. The molecule has 5 nitrogen and oxygen atoms in total. The summed E-state index contributed by atoms with van der Waals surface area (Å²) in [5, 5.41) is 0. The molecule has 1 fully saturated rings. The van der Waals surface area contributed by atoms with Gasteiger partial charge in [-0.2, -0.15) is 0 Å². The molecule has 0 radical (unpaired) electrons. The number of hydrogen-bond donors (Lipinski definition) is 1. The van der Waals surface area contributed by atoms with Crippen LogP contribution in [0.25, 0.3) is 0 Å². The molecule has 1 saturated heterocycles. The molecule has 0 bridgehead atoms. The van der Waals surface area contributed by atoms with Crippen molar-refractivity contribution in [1.29, 1.82) is 0 Å². The molecule has 1 aromatic rings. The summed E-state index contributed by atoms with van der Waals surface area (Å²) in [5.74, 6) is -0.0185. The van der Waals surface area contributed by atoms with E-state index in [0.717, 1.165) is 25.3 Å². The first kappa shape index (κ1) is 14.7. The van der Waals surface area contributed by atoms with Crippen LogP contribution in [0.5, 0.6) is 0 Å². The van der Waals surface area contributed by atoms with Crippen molar-refractivity contribution in [2.45, 2.75) is 13.0 Å². The standard InChI is InChI=1S/C15H24N4O/c1-11-10-19(8-7-18(11)4)14-6-5-12(9-13(14)16)15(20)17(2)3/h5-6,9,11H,7-8,10,16H2,1-4H3. The molecule has 1 aromatic carbocycles. The lowest BCUT2D eigenvalue weighted by Crippen LogP contribution is -2.50. The number of piperazine rings is 1. The lowest BCUT2D eigenvalue weighted by atomic mass is 10.1. The summed E-state index contributed by atoms with van der Waals surface area (Å²) in [6.07, 6.45) is 0. The average molecular weight is 276 g/mol. The Balaban J connectivity index is 2.20. The zero-order valence-corrected chi connectivity index (χ0v) is 12.8. The molecule has 1 atom stereocenters. The zero-order valence-electron chi connectivity index (χ0n) is 12.8. The summed E-state index contributed by atoms with van der Waals surface area (Å²) in [6.45, 7) is 5.17. The van der Waals surface area contributed by atoms with Gasteiger partial charge in [-0.25, -0.2) is 0 Å². The Hall–Kier alpha value is -1.75. The molecule has 1 unspecified atom stereocenters. The van der Waals surface area contributed by atoms with E-state index in [1.54, 1.807) is 25.1 Å². The van der Waals surface area contributed by atoms with Crippen LogP contribution >= 0.6 is 0 Å². The number of amides is 1. The summed E-state index contributed by atoms with van der Waals surface area (Å²) in [6, 6.07) is 6.10. The van der Waals surface area contributed by atoms with Crippen molar-refractivity contribution >= 4 is 17.3 Å². The van der Waals surface area contributed by atoms with Crippen LogP contribution in [0, 0.1) is 0 Å². The zero-order chi connectivity index (χ0) is 14.9. The van der Waals surface area contributed by atoms with Gasteiger partial charge in [0.1, 0.15) is 0 Å². The second-order valence-electron chi connectivity index (χ2n) is 5.75. The molecule has 0 aliphatic carbocycles. The van der Waals surface area contributed by atoms with Gasteiger partial charge in [0.25, 0.3) is 5.91 Å². The number of rotatable bonds is 2. The third-order valence-electron chi connectivity index (χ3n) is 3.98. The van der Waals surface area contributed by atoms with Crippen molar-refractivity contribution < 1.29 is 4.79 Å². The van der Waals surface area contributed by atoms with E-state index < -0.39 is 0 Å². The molecular formula is C15H24N4O. The predicted molar refractivity (Wildman–Crippen MR) is 83.2 cm³/mol. The van der Waals surface area contributed by atoms with Gasteiger partial charge in [0.05, 0.1) is 11.4 Å². The normalized spacial score (nSPS) is 20.0. The Kier molecular flexibility index (Phi) is 4.18. The SMILES string of the molecule is CC1CN(c2ccc(C(=O)N(C)C)cc2N)CCN1C. The summed E-state index contributed by atoms with van der Waals surface area (Å²) >= 11 is 0. The minimum Gasteiger partial charge on any atom is -0.397 e. The number of likely N-dealkylation sites (N-methyl/N-ethyl adjacent to an activating group) is 1. The fourth-order valence-electron chi connectivity index (χ4n) is 2.50. The number of nitrogen functional groups attached to an aromatic ring is 1. The highest BCUT2D eigenvalue weighted by molar-refractivity contribution is 5.95. The largest absolute Gasteiger partial charge is 0.397 e. The van der Waals surface area contributed by atoms with E-state index in [1.165, 1.54) is 0 Å². The van der Waals surface area contributed by atoms with Gasteiger partial charge in [0, 0.05) is 45.3 Å². The number of carbonyl (C=O) groups excluding carboxylic acids is 1. The Morgan fingerprint density at radius 1 is 1.35 bits per heavy atom. The van der Waals surface area contributed by atoms with E-state index in [2.05, 4.69) is 23.8 Å². The van der Waals surface area contributed by atoms with Crippen molar-refractivity contribution in [2.24, 2.45) is 0 Å². The first-order chi connectivity index (χ1) is 9.40. The minimum absolute atomic E-state index is 0.0185. The van der Waals surface area contributed by atoms with Crippen molar-refractivity contribution in [3.8, 4) is 0 Å². The minimum atomic E-state index is -0.0185. The molecule has 110 valence electrons. The summed E-state index contributed by atoms with van der Waals surface area (Å²) in [5.41, 5.74) is 8.49. The number of nitrogens with zero attached hydrogens (tertiary/aromatic N) is 3. The topological polar surface area (TPSA) is 52.8 Å². The van der Waals surface area contributed by atoms with Crippen LogP contribution in [0.3, 0.4) is 0 Å². The molecule has 1 heterocycles. The van der Waals surface area contributed by atoms with Crippen LogP contribution in [0.4, 0.5) is 11.4 Å². The van der Waals surface area contributed by atoms with Gasteiger partial charge in [0.15, 0.2) is 0 Å². The van der Waals surface area contributed by atoms with E-state index in [-0.39, 0.29) is 5.91 Å². The number of benzene rings is 1.